The Kier molecular flexibility index (Phi) is 6.34. The predicted octanol–water partition coefficient (Wildman–Crippen LogP) is 2.61. The molecule has 2 rings (SSSR count). The molecule has 0 aliphatic carbocycles. The SMILES string of the molecule is CC(C)(C)C(=O)Oc1oc(-c2ccccc2)nc1CCCN(C(=N)N)[N+](=O)[O-]. The van der Waals surface area contributed by atoms with E-state index in [1.165, 1.54) is 0 Å². The van der Waals surface area contributed by atoms with Crippen LogP contribution in [0.2, 0.25) is 0 Å². The highest BCUT2D eigenvalue weighted by Gasteiger charge is 2.28. The average Bonchev–Trinajstić information content (AvgIpc) is 3.00. The van der Waals surface area contributed by atoms with Crippen molar-refractivity contribution < 1.29 is 19.0 Å². The number of nitrogens with one attached hydrogen (secondary N) is 1. The van der Waals surface area contributed by atoms with E-state index in [1.807, 2.05) is 18.2 Å². The summed E-state index contributed by atoms with van der Waals surface area (Å²) in [6, 6.07) is 9.09. The topological polar surface area (TPSA) is 149 Å². The Balaban J connectivity index is 2.22. The van der Waals surface area contributed by atoms with Crippen LogP contribution in [0.3, 0.4) is 0 Å². The zero-order valence-electron chi connectivity index (χ0n) is 16.0. The maximum absolute atomic E-state index is 12.2. The second kappa shape index (κ2) is 8.51. The number of hydrogen-bond donors (Lipinski definition) is 2. The fourth-order valence-corrected chi connectivity index (χ4v) is 2.20. The van der Waals surface area contributed by atoms with E-state index in [2.05, 4.69) is 4.98 Å². The van der Waals surface area contributed by atoms with Crippen LogP contribution in [0.25, 0.3) is 11.5 Å². The molecule has 2 aromatic rings. The number of ether oxygens (including phenoxy) is 1. The predicted molar refractivity (Wildman–Crippen MR) is 101 cm³/mol. The second-order valence-electron chi connectivity index (χ2n) is 7.11. The zero-order valence-corrected chi connectivity index (χ0v) is 16.0. The van der Waals surface area contributed by atoms with Crippen molar-refractivity contribution in [2.75, 3.05) is 6.54 Å². The van der Waals surface area contributed by atoms with E-state index in [0.717, 1.165) is 0 Å². The number of guanidine groups is 1. The summed E-state index contributed by atoms with van der Waals surface area (Å²) < 4.78 is 11.0. The minimum Gasteiger partial charge on any atom is -0.405 e. The quantitative estimate of drug-likeness (QED) is 0.241. The van der Waals surface area contributed by atoms with Crippen molar-refractivity contribution in [1.82, 2.24) is 9.99 Å². The lowest BCUT2D eigenvalue weighted by atomic mass is 9.97. The van der Waals surface area contributed by atoms with Crippen LogP contribution < -0.4 is 10.5 Å². The molecule has 28 heavy (non-hydrogen) atoms. The van der Waals surface area contributed by atoms with Crippen molar-refractivity contribution in [3.05, 3.63) is 46.1 Å². The number of nitrogens with zero attached hydrogens (tertiary/aromatic N) is 3. The highest BCUT2D eigenvalue weighted by molar-refractivity contribution is 5.77. The molecular formula is C18H23N5O5. The van der Waals surface area contributed by atoms with E-state index in [1.54, 1.807) is 32.9 Å². The first-order valence-corrected chi connectivity index (χ1v) is 8.63. The fraction of sp³-hybridized carbons (Fsp3) is 0.389. The normalized spacial score (nSPS) is 11.1. The van der Waals surface area contributed by atoms with Crippen molar-refractivity contribution in [2.45, 2.75) is 33.6 Å². The monoisotopic (exact) mass is 389 g/mol. The molecule has 1 heterocycles. The van der Waals surface area contributed by atoms with Gasteiger partial charge in [0.15, 0.2) is 5.03 Å². The van der Waals surface area contributed by atoms with Crippen LogP contribution in [0, 0.1) is 20.9 Å². The molecule has 10 heteroatoms. The van der Waals surface area contributed by atoms with Crippen LogP contribution in [0.4, 0.5) is 0 Å². The van der Waals surface area contributed by atoms with Gasteiger partial charge in [-0.2, -0.15) is 0 Å². The van der Waals surface area contributed by atoms with Crippen LogP contribution in [0.5, 0.6) is 5.95 Å². The van der Waals surface area contributed by atoms with Crippen molar-refractivity contribution in [1.29, 1.82) is 5.41 Å². The number of nitrogens with two attached hydrogens (primary N) is 1. The Morgan fingerprint density at radius 1 is 1.36 bits per heavy atom. The number of carbonyl (C=O) groups is 1. The number of esters is 1. The number of carbonyl (C=O) groups excluding carboxylic acids is 1. The van der Waals surface area contributed by atoms with E-state index in [4.69, 9.17) is 20.3 Å². The molecule has 150 valence electrons. The third kappa shape index (κ3) is 5.29. The Hall–Kier alpha value is -3.43. The van der Waals surface area contributed by atoms with Crippen LogP contribution >= 0.6 is 0 Å². The molecule has 0 unspecified atom stereocenters. The first-order valence-electron chi connectivity index (χ1n) is 8.63. The number of aryl methyl sites for hydroxylation is 1. The first kappa shape index (κ1) is 20.9. The van der Waals surface area contributed by atoms with Crippen molar-refractivity contribution in [3.8, 4) is 17.4 Å². The van der Waals surface area contributed by atoms with E-state index < -0.39 is 22.4 Å². The number of hydrogen-bond acceptors (Lipinski definition) is 7. The molecular weight excluding hydrogens is 366 g/mol. The molecule has 0 atom stereocenters. The smallest absolute Gasteiger partial charge is 0.319 e. The minimum atomic E-state index is -0.749. The van der Waals surface area contributed by atoms with Gasteiger partial charge in [-0.15, -0.1) is 0 Å². The molecule has 0 aliphatic rings. The number of nitro groups is 1. The summed E-state index contributed by atoms with van der Waals surface area (Å²) in [5.74, 6) is -0.894. The van der Waals surface area contributed by atoms with Gasteiger partial charge in [-0.25, -0.2) is 15.1 Å². The molecule has 0 amide bonds. The second-order valence-corrected chi connectivity index (χ2v) is 7.11. The highest BCUT2D eigenvalue weighted by atomic mass is 16.7. The molecule has 1 aromatic heterocycles. The maximum Gasteiger partial charge on any atom is 0.319 e. The van der Waals surface area contributed by atoms with Crippen LogP contribution in [-0.2, 0) is 11.2 Å². The lowest BCUT2D eigenvalue weighted by Gasteiger charge is -2.15. The van der Waals surface area contributed by atoms with Crippen LogP contribution in [-0.4, -0.2) is 33.5 Å². The van der Waals surface area contributed by atoms with Crippen LogP contribution in [0.1, 0.15) is 32.9 Å². The van der Waals surface area contributed by atoms with Gasteiger partial charge in [-0.1, -0.05) is 23.2 Å². The molecule has 0 bridgehead atoms. The zero-order chi connectivity index (χ0) is 20.9. The van der Waals surface area contributed by atoms with E-state index in [-0.39, 0.29) is 31.2 Å². The van der Waals surface area contributed by atoms with Crippen molar-refractivity contribution in [2.24, 2.45) is 11.1 Å². The molecule has 0 aliphatic heterocycles. The highest BCUT2D eigenvalue weighted by Crippen LogP contribution is 2.30. The van der Waals surface area contributed by atoms with Gasteiger partial charge < -0.3 is 14.9 Å². The van der Waals surface area contributed by atoms with Gasteiger partial charge >= 0.3 is 11.9 Å². The lowest BCUT2D eigenvalue weighted by Crippen LogP contribution is -2.41. The summed E-state index contributed by atoms with van der Waals surface area (Å²) in [5, 5.41) is 17.9. The Bertz CT molecular complexity index is 843. The summed E-state index contributed by atoms with van der Waals surface area (Å²) in [6.45, 7) is 5.05. The third-order valence-corrected chi connectivity index (χ3v) is 3.74. The summed E-state index contributed by atoms with van der Waals surface area (Å²) in [7, 11) is 0. The van der Waals surface area contributed by atoms with E-state index >= 15 is 0 Å². The van der Waals surface area contributed by atoms with Gasteiger partial charge in [0.25, 0.3) is 5.96 Å². The van der Waals surface area contributed by atoms with Gasteiger partial charge in [0.1, 0.15) is 5.69 Å². The molecule has 1 aromatic carbocycles. The van der Waals surface area contributed by atoms with Gasteiger partial charge in [0.05, 0.1) is 12.0 Å². The molecule has 0 radical (unpaired) electrons. The Morgan fingerprint density at radius 3 is 2.54 bits per heavy atom. The summed E-state index contributed by atoms with van der Waals surface area (Å²) in [6.07, 6.45) is 0.488. The van der Waals surface area contributed by atoms with E-state index in [0.29, 0.717) is 16.3 Å². The van der Waals surface area contributed by atoms with Gasteiger partial charge in [-0.05, 0) is 45.7 Å². The molecule has 0 spiro atoms. The number of hydrazine groups is 1. The molecule has 0 saturated carbocycles. The summed E-state index contributed by atoms with van der Waals surface area (Å²) in [5.41, 5.74) is 5.53. The van der Waals surface area contributed by atoms with Gasteiger partial charge in [0.2, 0.25) is 5.89 Å². The van der Waals surface area contributed by atoms with Gasteiger partial charge in [0, 0.05) is 5.56 Å². The average molecular weight is 389 g/mol. The van der Waals surface area contributed by atoms with Crippen molar-refractivity contribution in [3.63, 3.8) is 0 Å². The number of aromatic nitrogens is 1. The lowest BCUT2D eigenvalue weighted by molar-refractivity contribution is -0.629. The number of oxazole rings is 1. The largest absolute Gasteiger partial charge is 0.405 e. The Morgan fingerprint density at radius 2 is 2.00 bits per heavy atom. The third-order valence-electron chi connectivity index (χ3n) is 3.74. The standard InChI is InChI=1S/C18H23N5O5/c1-18(2,3)16(24)28-15-13(10-7-11-22(17(19)20)23(25)26)21-14(27-15)12-8-5-4-6-9-12/h4-6,8-9H,7,10-11H2,1-3H3,(H3,19,20). The Labute approximate surface area is 161 Å². The molecule has 0 fully saturated rings. The number of benzene rings is 1. The number of rotatable bonds is 7. The van der Waals surface area contributed by atoms with Crippen molar-refractivity contribution >= 4 is 11.9 Å². The molecule has 3 N–H and O–H groups in total. The van der Waals surface area contributed by atoms with Crippen LogP contribution in [0.15, 0.2) is 34.7 Å². The minimum absolute atomic E-state index is 0.0331. The maximum atomic E-state index is 12.2. The molecule has 0 saturated heterocycles. The summed E-state index contributed by atoms with van der Waals surface area (Å²) >= 11 is 0. The first-order chi connectivity index (χ1) is 13.1. The van der Waals surface area contributed by atoms with E-state index in [9.17, 15) is 14.9 Å². The fourth-order valence-electron chi connectivity index (χ4n) is 2.20. The molecule has 10 nitrogen and oxygen atoms in total. The summed E-state index contributed by atoms with van der Waals surface area (Å²) in [4.78, 5) is 27.5. The van der Waals surface area contributed by atoms with Gasteiger partial charge in [-0.3, -0.25) is 10.2 Å².